The molecule has 1 aromatic carbocycles. The molecule has 2 aromatic rings. The fourth-order valence-corrected chi connectivity index (χ4v) is 3.04. The van der Waals surface area contributed by atoms with Crippen molar-refractivity contribution in [3.63, 3.8) is 0 Å². The fraction of sp³-hybridized carbons (Fsp3) is 0.389. The highest BCUT2D eigenvalue weighted by atomic mass is 32.2. The number of hydrogen-bond donors (Lipinski definition) is 2. The molecule has 1 unspecified atom stereocenters. The van der Waals surface area contributed by atoms with Gasteiger partial charge in [0, 0.05) is 30.3 Å². The lowest BCUT2D eigenvalue weighted by Gasteiger charge is -2.15. The monoisotopic (exact) mass is 358 g/mol. The van der Waals surface area contributed by atoms with E-state index >= 15 is 0 Å². The Morgan fingerprint density at radius 1 is 1.32 bits per heavy atom. The summed E-state index contributed by atoms with van der Waals surface area (Å²) >= 11 is 1.84. The first-order valence-electron chi connectivity index (χ1n) is 8.29. The molecular formula is C18H26N6S. The zero-order valence-electron chi connectivity index (χ0n) is 15.1. The number of benzene rings is 1. The van der Waals surface area contributed by atoms with Gasteiger partial charge in [-0.2, -0.15) is 0 Å². The van der Waals surface area contributed by atoms with Crippen LogP contribution in [-0.2, 0) is 13.6 Å². The van der Waals surface area contributed by atoms with Crippen LogP contribution in [0.25, 0.3) is 0 Å². The third kappa shape index (κ3) is 6.26. The second-order valence-electron chi connectivity index (χ2n) is 5.68. The highest BCUT2D eigenvalue weighted by Gasteiger charge is 2.07. The third-order valence-electron chi connectivity index (χ3n) is 3.61. The van der Waals surface area contributed by atoms with E-state index in [1.165, 1.54) is 4.90 Å². The lowest BCUT2D eigenvalue weighted by atomic mass is 10.4. The smallest absolute Gasteiger partial charge is 0.191 e. The molecule has 0 radical (unpaired) electrons. The van der Waals surface area contributed by atoms with Crippen molar-refractivity contribution in [2.45, 2.75) is 30.5 Å². The van der Waals surface area contributed by atoms with E-state index in [0.717, 1.165) is 24.2 Å². The minimum Gasteiger partial charge on any atom is -0.355 e. The molecule has 1 aromatic heterocycles. The maximum Gasteiger partial charge on any atom is 0.191 e. The largest absolute Gasteiger partial charge is 0.355 e. The molecule has 0 aliphatic heterocycles. The number of aryl methyl sites for hydroxylation is 1. The van der Waals surface area contributed by atoms with Crippen LogP contribution >= 0.6 is 11.8 Å². The van der Waals surface area contributed by atoms with Gasteiger partial charge in [0.15, 0.2) is 11.8 Å². The van der Waals surface area contributed by atoms with Crippen LogP contribution in [0.4, 0.5) is 0 Å². The Morgan fingerprint density at radius 2 is 2.08 bits per heavy atom. The molecule has 0 bridgehead atoms. The van der Waals surface area contributed by atoms with Gasteiger partial charge in [-0.05, 0) is 19.1 Å². The van der Waals surface area contributed by atoms with Crippen molar-refractivity contribution >= 4 is 17.7 Å². The molecule has 0 aliphatic carbocycles. The Balaban J connectivity index is 1.91. The van der Waals surface area contributed by atoms with Gasteiger partial charge in [-0.25, -0.2) is 4.99 Å². The van der Waals surface area contributed by atoms with Crippen molar-refractivity contribution in [2.24, 2.45) is 12.0 Å². The van der Waals surface area contributed by atoms with Gasteiger partial charge in [-0.15, -0.1) is 28.5 Å². The van der Waals surface area contributed by atoms with Gasteiger partial charge in [0.05, 0.1) is 0 Å². The van der Waals surface area contributed by atoms with E-state index < -0.39 is 0 Å². The van der Waals surface area contributed by atoms with Crippen LogP contribution in [0.15, 0.2) is 52.9 Å². The normalized spacial score (nSPS) is 12.7. The molecule has 7 heteroatoms. The zero-order valence-corrected chi connectivity index (χ0v) is 15.9. The summed E-state index contributed by atoms with van der Waals surface area (Å²) in [7, 11) is 1.95. The van der Waals surface area contributed by atoms with Crippen LogP contribution in [0, 0.1) is 6.92 Å². The topological polar surface area (TPSA) is 67.1 Å². The number of thioether (sulfide) groups is 1. The van der Waals surface area contributed by atoms with Crippen LogP contribution in [0.1, 0.15) is 18.6 Å². The van der Waals surface area contributed by atoms with E-state index in [1.54, 1.807) is 0 Å². The molecule has 1 heterocycles. The predicted molar refractivity (Wildman–Crippen MR) is 105 cm³/mol. The minimum absolute atomic E-state index is 0.412. The number of nitrogens with one attached hydrogen (secondary N) is 2. The number of aliphatic imine (C=N–C) groups is 1. The van der Waals surface area contributed by atoms with Crippen molar-refractivity contribution in [3.8, 4) is 0 Å². The van der Waals surface area contributed by atoms with E-state index in [0.29, 0.717) is 18.3 Å². The molecule has 6 nitrogen and oxygen atoms in total. The van der Waals surface area contributed by atoms with Crippen LogP contribution in [0.2, 0.25) is 0 Å². The molecule has 0 amide bonds. The first-order valence-corrected chi connectivity index (χ1v) is 9.17. The summed E-state index contributed by atoms with van der Waals surface area (Å²) in [6.07, 6.45) is 1.81. The number of hydrogen-bond acceptors (Lipinski definition) is 4. The maximum absolute atomic E-state index is 4.60. The first kappa shape index (κ1) is 19.1. The molecule has 0 saturated heterocycles. The Morgan fingerprint density at radius 3 is 2.72 bits per heavy atom. The van der Waals surface area contributed by atoms with E-state index in [9.17, 15) is 0 Å². The summed E-state index contributed by atoms with van der Waals surface area (Å²) in [6.45, 7) is 9.81. The summed E-state index contributed by atoms with van der Waals surface area (Å²) in [6, 6.07) is 10.4. The van der Waals surface area contributed by atoms with Crippen molar-refractivity contribution < 1.29 is 0 Å². The van der Waals surface area contributed by atoms with Gasteiger partial charge >= 0.3 is 0 Å². The Labute approximate surface area is 153 Å². The number of nitrogens with zero attached hydrogens (tertiary/aromatic N) is 4. The van der Waals surface area contributed by atoms with Crippen molar-refractivity contribution in [1.82, 2.24) is 25.4 Å². The summed E-state index contributed by atoms with van der Waals surface area (Å²) in [5.74, 6) is 2.47. The number of aromatic nitrogens is 3. The molecule has 25 heavy (non-hydrogen) atoms. The lowest BCUT2D eigenvalue weighted by Crippen LogP contribution is -2.40. The fourth-order valence-electron chi connectivity index (χ4n) is 2.10. The van der Waals surface area contributed by atoms with Crippen LogP contribution in [0.3, 0.4) is 0 Å². The molecule has 0 fully saturated rings. The first-order chi connectivity index (χ1) is 12.1. The number of guanidine groups is 1. The maximum atomic E-state index is 4.60. The summed E-state index contributed by atoms with van der Waals surface area (Å²) < 4.78 is 1.95. The van der Waals surface area contributed by atoms with Crippen molar-refractivity contribution in [2.75, 3.05) is 13.1 Å². The summed E-state index contributed by atoms with van der Waals surface area (Å²) in [5.41, 5.74) is 0. The molecule has 2 rings (SSSR count). The highest BCUT2D eigenvalue weighted by Crippen LogP contribution is 2.21. The van der Waals surface area contributed by atoms with Gasteiger partial charge < -0.3 is 15.2 Å². The van der Waals surface area contributed by atoms with Gasteiger partial charge in [-0.3, -0.25) is 0 Å². The van der Waals surface area contributed by atoms with Gasteiger partial charge in [0.25, 0.3) is 0 Å². The van der Waals surface area contributed by atoms with E-state index in [4.69, 9.17) is 0 Å². The van der Waals surface area contributed by atoms with Gasteiger partial charge in [-0.1, -0.05) is 31.2 Å². The summed E-state index contributed by atoms with van der Waals surface area (Å²) in [4.78, 5) is 5.87. The van der Waals surface area contributed by atoms with Gasteiger partial charge in [0.1, 0.15) is 12.4 Å². The molecule has 2 N–H and O–H groups in total. The highest BCUT2D eigenvalue weighted by molar-refractivity contribution is 8.00. The van der Waals surface area contributed by atoms with E-state index in [-0.39, 0.29) is 0 Å². The second-order valence-corrected chi connectivity index (χ2v) is 7.19. The second kappa shape index (κ2) is 9.88. The average Bonchev–Trinajstić information content (AvgIpc) is 2.94. The molecule has 1 atom stereocenters. The predicted octanol–water partition coefficient (Wildman–Crippen LogP) is 2.53. The molecular weight excluding hydrogens is 332 g/mol. The zero-order chi connectivity index (χ0) is 18.1. The van der Waals surface area contributed by atoms with Gasteiger partial charge in [0.2, 0.25) is 0 Å². The van der Waals surface area contributed by atoms with Crippen LogP contribution in [0.5, 0.6) is 0 Å². The lowest BCUT2D eigenvalue weighted by molar-refractivity contribution is 0.756. The average molecular weight is 359 g/mol. The SMILES string of the molecule is C=CCNC(=NCc1nnc(C)n1C)NCC(C)Sc1ccccc1. The Bertz CT molecular complexity index is 695. The molecule has 0 aliphatic rings. The Kier molecular flexibility index (Phi) is 7.53. The molecule has 0 spiro atoms. The molecule has 0 saturated carbocycles. The van der Waals surface area contributed by atoms with Crippen molar-refractivity contribution in [1.29, 1.82) is 0 Å². The molecule has 134 valence electrons. The summed E-state index contributed by atoms with van der Waals surface area (Å²) in [5, 5.41) is 15.2. The van der Waals surface area contributed by atoms with E-state index in [2.05, 4.69) is 63.6 Å². The number of rotatable bonds is 8. The van der Waals surface area contributed by atoms with Crippen molar-refractivity contribution in [3.05, 3.63) is 54.6 Å². The van der Waals surface area contributed by atoms with Crippen LogP contribution < -0.4 is 10.6 Å². The minimum atomic E-state index is 0.412. The quantitative estimate of drug-likeness (QED) is 0.328. The standard InChI is InChI=1S/C18H26N6S/c1-5-11-19-18(21-13-17-23-22-15(3)24(17)4)20-12-14(2)25-16-9-7-6-8-10-16/h5-10,14H,1,11-13H2,2-4H3,(H2,19,20,21). The Hall–Kier alpha value is -2.28. The van der Waals surface area contributed by atoms with Crippen LogP contribution in [-0.4, -0.2) is 39.1 Å². The third-order valence-corrected chi connectivity index (χ3v) is 4.73. The van der Waals surface area contributed by atoms with E-state index in [1.807, 2.05) is 42.4 Å².